The fourth-order valence-electron chi connectivity index (χ4n) is 6.84. The number of ether oxygens (including phenoxy) is 1. The lowest BCUT2D eigenvalue weighted by atomic mass is 9.55. The number of anilines is 1. The van der Waals surface area contributed by atoms with Crippen LogP contribution in [0, 0.1) is 22.0 Å². The lowest BCUT2D eigenvalue weighted by molar-refractivity contribution is -0.384. The Kier molecular flexibility index (Phi) is 6.14. The molecule has 0 unspecified atom stereocenters. The van der Waals surface area contributed by atoms with Crippen molar-refractivity contribution in [3.05, 3.63) is 141 Å². The van der Waals surface area contributed by atoms with E-state index in [1.54, 1.807) is 12.1 Å². The van der Waals surface area contributed by atoms with Gasteiger partial charge in [-0.05, 0) is 34.4 Å². The molecule has 1 aliphatic heterocycles. The number of ketones is 1. The number of hydrogen-bond acceptors (Lipinski definition) is 7. The summed E-state index contributed by atoms with van der Waals surface area (Å²) in [5, 5.41) is 11.1. The molecule has 212 valence electrons. The first-order chi connectivity index (χ1) is 20.7. The number of carbonyl (C=O) groups is 4. The monoisotopic (exact) mass is 636 g/mol. The largest absolute Gasteiger partial charge is 0.454 e. The van der Waals surface area contributed by atoms with Gasteiger partial charge in [-0.25, -0.2) is 9.69 Å². The Morgan fingerprint density at radius 1 is 0.860 bits per heavy atom. The lowest BCUT2D eigenvalue weighted by Crippen LogP contribution is -2.50. The standard InChI is InChI=1S/C33H21BrN2O7/c34-33-23-13-4-1-10-20(23)27(21-11-2-5-14-24(21)33)28-29(33)31(39)35(30(28)38)25-15-6-3-12-22(25)32(40)43-17-26(37)18-8-7-9-19(16-18)36(41)42/h1-16,27-29H,17H2/t27?,28-,29+,33?/m1/s1. The smallest absolute Gasteiger partial charge is 0.340 e. The molecule has 0 radical (unpaired) electrons. The summed E-state index contributed by atoms with van der Waals surface area (Å²) in [5.74, 6) is -4.19. The van der Waals surface area contributed by atoms with E-state index in [-0.39, 0.29) is 28.4 Å². The van der Waals surface area contributed by atoms with Gasteiger partial charge >= 0.3 is 5.97 Å². The fourth-order valence-corrected chi connectivity index (χ4v) is 8.05. The van der Waals surface area contributed by atoms with E-state index >= 15 is 0 Å². The summed E-state index contributed by atoms with van der Waals surface area (Å²) in [7, 11) is 0. The van der Waals surface area contributed by atoms with Crippen LogP contribution in [0.5, 0.6) is 0 Å². The summed E-state index contributed by atoms with van der Waals surface area (Å²) in [5.41, 5.74) is 3.61. The number of esters is 1. The van der Waals surface area contributed by atoms with Crippen molar-refractivity contribution >= 4 is 50.9 Å². The van der Waals surface area contributed by atoms with Gasteiger partial charge in [-0.2, -0.15) is 0 Å². The average Bonchev–Trinajstić information content (AvgIpc) is 3.30. The minimum Gasteiger partial charge on any atom is -0.454 e. The van der Waals surface area contributed by atoms with E-state index in [2.05, 4.69) is 15.9 Å². The zero-order valence-corrected chi connectivity index (χ0v) is 23.9. The normalized spacial score (nSPS) is 22.9. The van der Waals surface area contributed by atoms with Crippen LogP contribution in [0.25, 0.3) is 0 Å². The van der Waals surface area contributed by atoms with Gasteiger partial charge in [0.25, 0.3) is 5.69 Å². The quantitative estimate of drug-likeness (QED) is 0.0680. The molecule has 9 nitrogen and oxygen atoms in total. The number of Topliss-reactive ketones (excluding diaryl/α,β-unsaturated/α-hetero) is 1. The molecular formula is C33H21BrN2O7. The van der Waals surface area contributed by atoms with Gasteiger partial charge in [0.05, 0.1) is 32.3 Å². The van der Waals surface area contributed by atoms with E-state index in [4.69, 9.17) is 4.74 Å². The van der Waals surface area contributed by atoms with Crippen LogP contribution in [0.4, 0.5) is 11.4 Å². The van der Waals surface area contributed by atoms with Crippen LogP contribution in [0.2, 0.25) is 0 Å². The molecule has 4 aliphatic rings. The van der Waals surface area contributed by atoms with Crippen molar-refractivity contribution in [1.82, 2.24) is 0 Å². The third-order valence-electron chi connectivity index (χ3n) is 8.59. The summed E-state index contributed by atoms with van der Waals surface area (Å²) in [6.45, 7) is -0.682. The van der Waals surface area contributed by atoms with Crippen molar-refractivity contribution in [2.24, 2.45) is 11.8 Å². The first-order valence-corrected chi connectivity index (χ1v) is 14.3. The average molecular weight is 637 g/mol. The lowest BCUT2D eigenvalue weighted by Gasteiger charge is -2.51. The van der Waals surface area contributed by atoms with E-state index in [1.165, 1.54) is 30.3 Å². The molecular weight excluding hydrogens is 616 g/mol. The molecule has 8 rings (SSSR count). The zero-order chi connectivity index (χ0) is 30.0. The summed E-state index contributed by atoms with van der Waals surface area (Å²) >= 11 is 3.96. The predicted octanol–water partition coefficient (Wildman–Crippen LogP) is 5.54. The molecule has 1 heterocycles. The molecule has 4 aromatic carbocycles. The van der Waals surface area contributed by atoms with Crippen LogP contribution in [-0.4, -0.2) is 35.1 Å². The third kappa shape index (κ3) is 3.82. The minimum absolute atomic E-state index is 0.0153. The van der Waals surface area contributed by atoms with Gasteiger partial charge in [-0.1, -0.05) is 88.7 Å². The number of rotatable bonds is 6. The molecule has 2 atom stereocenters. The molecule has 1 saturated heterocycles. The number of nitrogens with zero attached hydrogens (tertiary/aromatic N) is 2. The van der Waals surface area contributed by atoms with Crippen molar-refractivity contribution in [3.8, 4) is 0 Å². The number of non-ortho nitro benzene ring substituents is 1. The first-order valence-electron chi connectivity index (χ1n) is 13.5. The molecule has 0 aromatic heterocycles. The number of imide groups is 1. The minimum atomic E-state index is -0.943. The Labute approximate surface area is 253 Å². The van der Waals surface area contributed by atoms with E-state index in [0.717, 1.165) is 33.2 Å². The highest BCUT2D eigenvalue weighted by atomic mass is 79.9. The van der Waals surface area contributed by atoms with Gasteiger partial charge in [0, 0.05) is 23.6 Å². The molecule has 43 heavy (non-hydrogen) atoms. The molecule has 4 aromatic rings. The maximum Gasteiger partial charge on any atom is 0.340 e. The molecule has 2 amide bonds. The molecule has 0 saturated carbocycles. The maximum atomic E-state index is 14.3. The number of hydrogen-bond donors (Lipinski definition) is 0. The highest BCUT2D eigenvalue weighted by molar-refractivity contribution is 9.09. The van der Waals surface area contributed by atoms with Crippen LogP contribution in [0.1, 0.15) is 48.9 Å². The number of carbonyl (C=O) groups excluding carboxylic acids is 4. The Morgan fingerprint density at radius 3 is 2.16 bits per heavy atom. The predicted molar refractivity (Wildman–Crippen MR) is 158 cm³/mol. The zero-order valence-electron chi connectivity index (χ0n) is 22.3. The van der Waals surface area contributed by atoms with Crippen molar-refractivity contribution < 1.29 is 28.8 Å². The Morgan fingerprint density at radius 2 is 1.49 bits per heavy atom. The molecule has 0 N–H and O–H groups in total. The van der Waals surface area contributed by atoms with E-state index in [0.29, 0.717) is 0 Å². The third-order valence-corrected chi connectivity index (χ3v) is 9.94. The molecule has 1 fully saturated rings. The Bertz CT molecular complexity index is 1860. The summed E-state index contributed by atoms with van der Waals surface area (Å²) in [4.78, 5) is 66.0. The second-order valence-corrected chi connectivity index (χ2v) is 12.0. The van der Waals surface area contributed by atoms with Gasteiger partial charge in [0.15, 0.2) is 6.61 Å². The van der Waals surface area contributed by atoms with E-state index < -0.39 is 51.3 Å². The number of amides is 2. The highest BCUT2D eigenvalue weighted by Crippen LogP contribution is 2.66. The topological polar surface area (TPSA) is 124 Å². The van der Waals surface area contributed by atoms with Crippen LogP contribution in [-0.2, 0) is 18.7 Å². The van der Waals surface area contributed by atoms with Gasteiger partial charge < -0.3 is 4.74 Å². The SMILES string of the molecule is O=C(COC(=O)c1ccccc1N1C(=O)[C@@H]2C3c4ccccc4C(Br)(c4ccccc43)[C@@H]2C1=O)c1cccc([N+](=O)[O-])c1. The van der Waals surface area contributed by atoms with Gasteiger partial charge in [0.2, 0.25) is 17.6 Å². The van der Waals surface area contributed by atoms with Gasteiger partial charge in [0.1, 0.15) is 0 Å². The van der Waals surface area contributed by atoms with Gasteiger partial charge in [-0.3, -0.25) is 24.5 Å². The number of nitro benzene ring substituents is 1. The molecule has 10 heteroatoms. The van der Waals surface area contributed by atoms with Crippen LogP contribution >= 0.6 is 15.9 Å². The van der Waals surface area contributed by atoms with Gasteiger partial charge in [-0.15, -0.1) is 0 Å². The first kappa shape index (κ1) is 26.9. The fraction of sp³-hybridized carbons (Fsp3) is 0.152. The highest BCUT2D eigenvalue weighted by Gasteiger charge is 2.67. The number of alkyl halides is 1. The second kappa shape index (κ2) is 9.81. The van der Waals surface area contributed by atoms with Crippen molar-refractivity contribution in [2.75, 3.05) is 11.5 Å². The Hall–Kier alpha value is -4.96. The summed E-state index contributed by atoms with van der Waals surface area (Å²) < 4.78 is 4.35. The molecule has 2 bridgehead atoms. The number of para-hydroxylation sites is 1. The van der Waals surface area contributed by atoms with Crippen LogP contribution in [0.15, 0.2) is 97.1 Å². The van der Waals surface area contributed by atoms with Crippen LogP contribution < -0.4 is 4.90 Å². The Balaban J connectivity index is 1.22. The number of halogens is 1. The summed E-state index contributed by atoms with van der Waals surface area (Å²) in [6, 6.07) is 26.9. The van der Waals surface area contributed by atoms with E-state index in [1.807, 2.05) is 48.5 Å². The maximum absolute atomic E-state index is 14.3. The van der Waals surface area contributed by atoms with Crippen LogP contribution in [0.3, 0.4) is 0 Å². The summed E-state index contributed by atoms with van der Waals surface area (Å²) in [6.07, 6.45) is 0. The van der Waals surface area contributed by atoms with Crippen molar-refractivity contribution in [3.63, 3.8) is 0 Å². The molecule has 3 aliphatic carbocycles. The number of nitro groups is 1. The van der Waals surface area contributed by atoms with Crippen molar-refractivity contribution in [2.45, 2.75) is 10.2 Å². The molecule has 0 spiro atoms. The van der Waals surface area contributed by atoms with E-state index in [9.17, 15) is 29.3 Å². The number of benzene rings is 4. The van der Waals surface area contributed by atoms with Crippen molar-refractivity contribution in [1.29, 1.82) is 0 Å². The second-order valence-electron chi connectivity index (χ2n) is 10.7.